The van der Waals surface area contributed by atoms with E-state index in [0.717, 1.165) is 48.5 Å². The Labute approximate surface area is 232 Å². The van der Waals surface area contributed by atoms with E-state index in [1.807, 2.05) is 29.2 Å². The number of carbonyl (C=O) groups is 1. The Morgan fingerprint density at radius 1 is 0.950 bits per heavy atom. The number of amides is 1. The standard InChI is InChI=1S/C33H34F3N3O/c1-31(35,36)23-13-14-26(27(34)21-23)30(40)39-20-15-25-24-11-7-8-12-28(24)37-29(25)33(39)18-16-32(17-19-33,38(2)3)22-9-5-4-6-10-22/h4-14,21,37H,15-20H2,1-3H3. The lowest BCUT2D eigenvalue weighted by molar-refractivity contribution is -0.0144. The Balaban J connectivity index is 1.45. The van der Waals surface area contributed by atoms with Gasteiger partial charge in [0.1, 0.15) is 5.82 Å². The van der Waals surface area contributed by atoms with Gasteiger partial charge in [0.15, 0.2) is 0 Å². The highest BCUT2D eigenvalue weighted by Gasteiger charge is 2.53. The quantitative estimate of drug-likeness (QED) is 0.291. The van der Waals surface area contributed by atoms with Gasteiger partial charge < -0.3 is 9.88 Å². The van der Waals surface area contributed by atoms with E-state index in [1.54, 1.807) is 0 Å². The minimum atomic E-state index is -3.19. The number of fused-ring (bicyclic) bond motifs is 4. The summed E-state index contributed by atoms with van der Waals surface area (Å²) in [5.74, 6) is -4.56. The molecule has 1 aromatic heterocycles. The monoisotopic (exact) mass is 545 g/mol. The SMILES string of the molecule is CN(C)C1(c2ccccc2)CCC2(CC1)c1[nH]c3ccccc3c1CCN2C(=O)c1ccc(C(C)(F)F)cc1F. The van der Waals surface area contributed by atoms with Crippen molar-refractivity contribution >= 4 is 16.8 Å². The predicted octanol–water partition coefficient (Wildman–Crippen LogP) is 7.34. The topological polar surface area (TPSA) is 39.3 Å². The number of hydrogen-bond donors (Lipinski definition) is 1. The molecule has 40 heavy (non-hydrogen) atoms. The number of para-hydroxylation sites is 1. The van der Waals surface area contributed by atoms with Crippen LogP contribution in [0.25, 0.3) is 10.9 Å². The molecule has 1 amide bonds. The summed E-state index contributed by atoms with van der Waals surface area (Å²) in [7, 11) is 4.20. The maximum atomic E-state index is 15.3. The maximum absolute atomic E-state index is 15.3. The second kappa shape index (κ2) is 9.51. The van der Waals surface area contributed by atoms with Crippen molar-refractivity contribution in [3.05, 3.63) is 107 Å². The van der Waals surface area contributed by atoms with Crippen LogP contribution in [0, 0.1) is 5.82 Å². The number of aromatic nitrogens is 1. The number of nitrogens with one attached hydrogen (secondary N) is 1. The Hall–Kier alpha value is -3.58. The van der Waals surface area contributed by atoms with E-state index < -0.39 is 28.7 Å². The van der Waals surface area contributed by atoms with Crippen LogP contribution in [0.2, 0.25) is 0 Å². The van der Waals surface area contributed by atoms with Gasteiger partial charge in [-0.2, -0.15) is 0 Å². The highest BCUT2D eigenvalue weighted by molar-refractivity contribution is 5.96. The number of carbonyl (C=O) groups excluding carboxylic acids is 1. The van der Waals surface area contributed by atoms with Crippen molar-refractivity contribution in [2.24, 2.45) is 0 Å². The molecule has 1 spiro atoms. The summed E-state index contributed by atoms with van der Waals surface area (Å²) < 4.78 is 43.0. The summed E-state index contributed by atoms with van der Waals surface area (Å²) in [6, 6.07) is 21.8. The van der Waals surface area contributed by atoms with Crippen LogP contribution in [-0.2, 0) is 23.4 Å². The average molecular weight is 546 g/mol. The number of nitrogens with zero attached hydrogens (tertiary/aromatic N) is 2. The predicted molar refractivity (Wildman–Crippen MR) is 151 cm³/mol. The van der Waals surface area contributed by atoms with Crippen LogP contribution < -0.4 is 0 Å². The molecule has 1 aliphatic carbocycles. The van der Waals surface area contributed by atoms with Crippen molar-refractivity contribution in [1.29, 1.82) is 0 Å². The molecule has 0 radical (unpaired) electrons. The van der Waals surface area contributed by atoms with E-state index in [1.165, 1.54) is 17.2 Å². The molecule has 4 aromatic rings. The molecule has 1 N–H and O–H groups in total. The molecule has 1 aliphatic heterocycles. The second-order valence-corrected chi connectivity index (χ2v) is 11.6. The van der Waals surface area contributed by atoms with E-state index in [4.69, 9.17) is 0 Å². The third kappa shape index (κ3) is 4.05. The molecule has 0 unspecified atom stereocenters. The first-order valence-corrected chi connectivity index (χ1v) is 13.9. The molecule has 208 valence electrons. The first kappa shape index (κ1) is 26.6. The van der Waals surface area contributed by atoms with Crippen molar-refractivity contribution < 1.29 is 18.0 Å². The summed E-state index contributed by atoms with van der Waals surface area (Å²) in [4.78, 5) is 21.9. The van der Waals surface area contributed by atoms with Crippen LogP contribution in [-0.4, -0.2) is 41.3 Å². The molecule has 7 heteroatoms. The number of alkyl halides is 2. The van der Waals surface area contributed by atoms with Crippen LogP contribution in [0.1, 0.15) is 65.3 Å². The number of rotatable bonds is 4. The molecule has 3 aromatic carbocycles. The third-order valence-corrected chi connectivity index (χ3v) is 9.40. The lowest BCUT2D eigenvalue weighted by Crippen LogP contribution is -2.58. The first-order valence-electron chi connectivity index (χ1n) is 13.9. The number of H-pyrrole nitrogens is 1. The number of halogens is 3. The number of aromatic amines is 1. The van der Waals surface area contributed by atoms with E-state index in [0.29, 0.717) is 25.8 Å². The summed E-state index contributed by atoms with van der Waals surface area (Å²) in [5, 5.41) is 1.15. The Morgan fingerprint density at radius 2 is 1.62 bits per heavy atom. The highest BCUT2D eigenvalue weighted by Crippen LogP contribution is 2.54. The summed E-state index contributed by atoms with van der Waals surface area (Å²) >= 11 is 0. The van der Waals surface area contributed by atoms with Crippen molar-refractivity contribution in [3.8, 4) is 0 Å². The second-order valence-electron chi connectivity index (χ2n) is 11.6. The van der Waals surface area contributed by atoms with Crippen LogP contribution >= 0.6 is 0 Å². The molecule has 0 bridgehead atoms. The van der Waals surface area contributed by atoms with Gasteiger partial charge in [0.2, 0.25) is 0 Å². The van der Waals surface area contributed by atoms with E-state index in [-0.39, 0.29) is 11.1 Å². The first-order chi connectivity index (χ1) is 19.1. The largest absolute Gasteiger partial charge is 0.356 e. The summed E-state index contributed by atoms with van der Waals surface area (Å²) in [6.45, 7) is 1.16. The molecule has 1 saturated carbocycles. The Morgan fingerprint density at radius 3 is 2.27 bits per heavy atom. The molecule has 1 fully saturated rings. The minimum Gasteiger partial charge on any atom is -0.356 e. The van der Waals surface area contributed by atoms with Crippen LogP contribution in [0.15, 0.2) is 72.8 Å². The minimum absolute atomic E-state index is 0.167. The van der Waals surface area contributed by atoms with Gasteiger partial charge in [0, 0.05) is 41.2 Å². The molecule has 2 heterocycles. The summed E-state index contributed by atoms with van der Waals surface area (Å²) in [6.07, 6.45) is 3.59. The molecule has 0 atom stereocenters. The fourth-order valence-corrected chi connectivity index (χ4v) is 7.17. The smallest absolute Gasteiger partial charge is 0.270 e. The average Bonchev–Trinajstić information content (AvgIpc) is 3.33. The highest BCUT2D eigenvalue weighted by atomic mass is 19.3. The van der Waals surface area contributed by atoms with Gasteiger partial charge in [0.05, 0.1) is 11.1 Å². The van der Waals surface area contributed by atoms with Crippen LogP contribution in [0.4, 0.5) is 13.2 Å². The zero-order chi connectivity index (χ0) is 28.3. The van der Waals surface area contributed by atoms with E-state index >= 15 is 4.39 Å². The van der Waals surface area contributed by atoms with Gasteiger partial charge >= 0.3 is 0 Å². The van der Waals surface area contributed by atoms with Crippen molar-refractivity contribution in [2.75, 3.05) is 20.6 Å². The fraction of sp³-hybridized carbons (Fsp3) is 0.364. The Bertz CT molecular complexity index is 1560. The van der Waals surface area contributed by atoms with Crippen molar-refractivity contribution in [3.63, 3.8) is 0 Å². The fourth-order valence-electron chi connectivity index (χ4n) is 7.17. The van der Waals surface area contributed by atoms with Crippen molar-refractivity contribution in [1.82, 2.24) is 14.8 Å². The maximum Gasteiger partial charge on any atom is 0.270 e. The third-order valence-electron chi connectivity index (χ3n) is 9.40. The van der Waals surface area contributed by atoms with Gasteiger partial charge in [-0.05, 0) is 75.5 Å². The zero-order valence-electron chi connectivity index (χ0n) is 23.1. The summed E-state index contributed by atoms with van der Waals surface area (Å²) in [5.41, 5.74) is 3.01. The van der Waals surface area contributed by atoms with Crippen LogP contribution in [0.3, 0.4) is 0 Å². The van der Waals surface area contributed by atoms with Gasteiger partial charge in [-0.3, -0.25) is 9.69 Å². The number of benzene rings is 3. The van der Waals surface area contributed by atoms with E-state index in [2.05, 4.69) is 54.3 Å². The van der Waals surface area contributed by atoms with Gasteiger partial charge in [-0.1, -0.05) is 54.6 Å². The lowest BCUT2D eigenvalue weighted by atomic mass is 9.65. The molecule has 0 saturated heterocycles. The van der Waals surface area contributed by atoms with Gasteiger partial charge in [-0.15, -0.1) is 0 Å². The molecular formula is C33H34F3N3O. The normalized spacial score (nSPS) is 23.1. The van der Waals surface area contributed by atoms with Crippen LogP contribution in [0.5, 0.6) is 0 Å². The lowest BCUT2D eigenvalue weighted by Gasteiger charge is -2.55. The van der Waals surface area contributed by atoms with E-state index in [9.17, 15) is 13.6 Å². The molecule has 2 aliphatic rings. The van der Waals surface area contributed by atoms with Crippen molar-refractivity contribution in [2.45, 2.75) is 56.0 Å². The number of hydrogen-bond acceptors (Lipinski definition) is 2. The molecule has 4 nitrogen and oxygen atoms in total. The molecule has 6 rings (SSSR count). The van der Waals surface area contributed by atoms with Gasteiger partial charge in [-0.25, -0.2) is 13.2 Å². The zero-order valence-corrected chi connectivity index (χ0v) is 23.1. The molecular weight excluding hydrogens is 511 g/mol. The van der Waals surface area contributed by atoms with Gasteiger partial charge in [0.25, 0.3) is 11.8 Å². The Kier molecular flexibility index (Phi) is 6.33.